The molecule has 8 nitrogen and oxygen atoms in total. The van der Waals surface area contributed by atoms with E-state index in [-0.39, 0.29) is 17.3 Å². The molecule has 1 amide bonds. The first kappa shape index (κ1) is 21.0. The second-order valence-electron chi connectivity index (χ2n) is 7.03. The molecule has 1 aliphatic rings. The van der Waals surface area contributed by atoms with Gasteiger partial charge in [-0.1, -0.05) is 23.9 Å². The number of carbonyl (C=O) groups is 1. The number of ether oxygens (including phenoxy) is 2. The van der Waals surface area contributed by atoms with Gasteiger partial charge in [-0.05, 0) is 36.4 Å². The highest BCUT2D eigenvalue weighted by molar-refractivity contribution is 7.99. The van der Waals surface area contributed by atoms with E-state index in [1.165, 1.54) is 6.07 Å². The summed E-state index contributed by atoms with van der Waals surface area (Å²) in [7, 11) is 0. The third kappa shape index (κ3) is 4.51. The third-order valence-corrected chi connectivity index (χ3v) is 5.73. The molecule has 166 valence electrons. The lowest BCUT2D eigenvalue weighted by atomic mass is 10.2. The molecule has 4 aromatic rings. The number of hydrogen-bond donors (Lipinski definition) is 1. The van der Waals surface area contributed by atoms with E-state index < -0.39 is 5.82 Å². The van der Waals surface area contributed by atoms with Gasteiger partial charge in [0, 0.05) is 29.7 Å². The summed E-state index contributed by atoms with van der Waals surface area (Å²) in [5, 5.41) is 11.7. The van der Waals surface area contributed by atoms with Crippen molar-refractivity contribution in [1.29, 1.82) is 0 Å². The normalized spacial score (nSPS) is 12.4. The van der Waals surface area contributed by atoms with Gasteiger partial charge >= 0.3 is 0 Å². The highest BCUT2D eigenvalue weighted by Gasteiger charge is 2.20. The number of halogens is 1. The van der Waals surface area contributed by atoms with Crippen LogP contribution in [0.1, 0.15) is 0 Å². The van der Waals surface area contributed by atoms with Crippen molar-refractivity contribution in [3.8, 4) is 28.6 Å². The van der Waals surface area contributed by atoms with Crippen molar-refractivity contribution in [2.45, 2.75) is 5.16 Å². The maximum atomic E-state index is 14.7. The van der Waals surface area contributed by atoms with Gasteiger partial charge in [-0.15, -0.1) is 10.2 Å². The fraction of sp³-hybridized carbons (Fsp3) is 0.130. The first-order valence-corrected chi connectivity index (χ1v) is 11.1. The van der Waals surface area contributed by atoms with Gasteiger partial charge < -0.3 is 14.8 Å². The Morgan fingerprint density at radius 3 is 2.73 bits per heavy atom. The van der Waals surface area contributed by atoms with Crippen LogP contribution in [0.2, 0.25) is 0 Å². The first-order valence-electron chi connectivity index (χ1n) is 10.1. The summed E-state index contributed by atoms with van der Waals surface area (Å²) >= 11 is 1.16. The molecule has 3 heterocycles. The molecular weight excluding hydrogens is 445 g/mol. The van der Waals surface area contributed by atoms with Crippen molar-refractivity contribution in [2.24, 2.45) is 0 Å². The Balaban J connectivity index is 1.37. The number of amides is 1. The zero-order chi connectivity index (χ0) is 22.6. The number of aromatic nitrogens is 4. The van der Waals surface area contributed by atoms with Gasteiger partial charge in [0.2, 0.25) is 5.91 Å². The molecule has 5 rings (SSSR count). The van der Waals surface area contributed by atoms with Crippen LogP contribution >= 0.6 is 11.8 Å². The zero-order valence-electron chi connectivity index (χ0n) is 17.3. The number of rotatable bonds is 6. The molecule has 0 radical (unpaired) electrons. The number of hydrogen-bond acceptors (Lipinski definition) is 7. The Bertz CT molecular complexity index is 1300. The van der Waals surface area contributed by atoms with Crippen LogP contribution in [-0.4, -0.2) is 44.6 Å². The fourth-order valence-corrected chi connectivity index (χ4v) is 4.09. The molecule has 0 fully saturated rings. The summed E-state index contributed by atoms with van der Waals surface area (Å²) in [6.07, 6.45) is 3.27. The van der Waals surface area contributed by atoms with Crippen molar-refractivity contribution in [3.63, 3.8) is 0 Å². The lowest BCUT2D eigenvalue weighted by Crippen LogP contribution is -2.17. The average molecular weight is 463 g/mol. The summed E-state index contributed by atoms with van der Waals surface area (Å²) in [5.74, 6) is 1.05. The van der Waals surface area contributed by atoms with E-state index in [1.807, 2.05) is 6.07 Å². The molecule has 0 spiro atoms. The van der Waals surface area contributed by atoms with E-state index in [4.69, 9.17) is 9.47 Å². The van der Waals surface area contributed by atoms with Gasteiger partial charge in [0.15, 0.2) is 22.5 Å². The number of nitrogens with one attached hydrogen (secondary N) is 1. The number of nitrogens with zero attached hydrogens (tertiary/aromatic N) is 4. The molecule has 1 N–H and O–H groups in total. The monoisotopic (exact) mass is 463 g/mol. The minimum absolute atomic E-state index is 0.0497. The van der Waals surface area contributed by atoms with Gasteiger partial charge in [-0.2, -0.15) is 0 Å². The quantitative estimate of drug-likeness (QED) is 0.433. The maximum Gasteiger partial charge on any atom is 0.234 e. The van der Waals surface area contributed by atoms with Crippen LogP contribution in [-0.2, 0) is 4.79 Å². The number of thioether (sulfide) groups is 1. The molecule has 1 aliphatic heterocycles. The van der Waals surface area contributed by atoms with E-state index >= 15 is 0 Å². The number of anilines is 1. The van der Waals surface area contributed by atoms with Crippen molar-refractivity contribution < 1.29 is 18.7 Å². The molecular formula is C23H18FN5O3S. The molecule has 0 saturated carbocycles. The minimum atomic E-state index is -0.426. The van der Waals surface area contributed by atoms with Crippen molar-refractivity contribution in [1.82, 2.24) is 19.7 Å². The highest BCUT2D eigenvalue weighted by Crippen LogP contribution is 2.33. The maximum absolute atomic E-state index is 14.7. The van der Waals surface area contributed by atoms with E-state index in [0.717, 1.165) is 11.8 Å². The second-order valence-corrected chi connectivity index (χ2v) is 7.97. The van der Waals surface area contributed by atoms with Gasteiger partial charge in [-0.25, -0.2) is 4.39 Å². The van der Waals surface area contributed by atoms with Crippen molar-refractivity contribution >= 4 is 23.4 Å². The molecule has 0 unspecified atom stereocenters. The molecule has 0 bridgehead atoms. The third-order valence-electron chi connectivity index (χ3n) is 4.80. The summed E-state index contributed by atoms with van der Waals surface area (Å²) in [6, 6.07) is 15.2. The smallest absolute Gasteiger partial charge is 0.234 e. The molecule has 2 aromatic heterocycles. The summed E-state index contributed by atoms with van der Waals surface area (Å²) in [6.45, 7) is 0.963. The summed E-state index contributed by atoms with van der Waals surface area (Å²) < 4.78 is 27.3. The van der Waals surface area contributed by atoms with E-state index in [1.54, 1.807) is 59.4 Å². The van der Waals surface area contributed by atoms with Crippen LogP contribution in [0.5, 0.6) is 11.5 Å². The Morgan fingerprint density at radius 1 is 1.06 bits per heavy atom. The molecule has 10 heteroatoms. The first-order chi connectivity index (χ1) is 16.2. The van der Waals surface area contributed by atoms with Crippen LogP contribution in [0.3, 0.4) is 0 Å². The number of pyridine rings is 1. The topological polar surface area (TPSA) is 91.2 Å². The van der Waals surface area contributed by atoms with Crippen LogP contribution < -0.4 is 14.8 Å². The highest BCUT2D eigenvalue weighted by atomic mass is 32.2. The van der Waals surface area contributed by atoms with E-state index in [2.05, 4.69) is 20.5 Å². The Labute approximate surface area is 192 Å². The van der Waals surface area contributed by atoms with Gasteiger partial charge in [-0.3, -0.25) is 14.3 Å². The van der Waals surface area contributed by atoms with Crippen LogP contribution in [0.4, 0.5) is 10.1 Å². The van der Waals surface area contributed by atoms with Crippen LogP contribution in [0.25, 0.3) is 17.1 Å². The van der Waals surface area contributed by atoms with Crippen molar-refractivity contribution in [3.05, 3.63) is 72.8 Å². The number of carbonyl (C=O) groups excluding carboxylic acids is 1. The zero-order valence-corrected chi connectivity index (χ0v) is 18.1. The predicted octanol–water partition coefficient (Wildman–Crippen LogP) is 3.97. The standard InChI is InChI=1S/C23H18FN5O3S/c24-17-5-1-2-6-18(17)29-22(15-4-3-9-25-13-15)27-28-23(29)33-14-21(30)26-16-7-8-19-20(12-16)32-11-10-31-19/h1-9,12-13H,10-11,14H2,(H,26,30). The lowest BCUT2D eigenvalue weighted by molar-refractivity contribution is -0.113. The number of benzene rings is 2. The number of fused-ring (bicyclic) bond motifs is 1. The van der Waals surface area contributed by atoms with Crippen molar-refractivity contribution in [2.75, 3.05) is 24.3 Å². The molecule has 0 aliphatic carbocycles. The number of para-hydroxylation sites is 1. The van der Waals surface area contributed by atoms with Gasteiger partial charge in [0.05, 0.1) is 11.4 Å². The van der Waals surface area contributed by atoms with Crippen LogP contribution in [0.15, 0.2) is 72.1 Å². The SMILES string of the molecule is O=C(CSc1nnc(-c2cccnc2)n1-c1ccccc1F)Nc1ccc2c(c1)OCCO2. The van der Waals surface area contributed by atoms with Crippen LogP contribution in [0, 0.1) is 5.82 Å². The Kier molecular flexibility index (Phi) is 5.90. The van der Waals surface area contributed by atoms with E-state index in [0.29, 0.717) is 46.9 Å². The molecule has 0 atom stereocenters. The largest absolute Gasteiger partial charge is 0.486 e. The molecule has 33 heavy (non-hydrogen) atoms. The summed E-state index contributed by atoms with van der Waals surface area (Å²) in [4.78, 5) is 16.7. The molecule has 0 saturated heterocycles. The molecule has 2 aromatic carbocycles. The lowest BCUT2D eigenvalue weighted by Gasteiger charge is -2.19. The predicted molar refractivity (Wildman–Crippen MR) is 121 cm³/mol. The Morgan fingerprint density at radius 2 is 1.91 bits per heavy atom. The van der Waals surface area contributed by atoms with Gasteiger partial charge in [0.25, 0.3) is 0 Å². The fourth-order valence-electron chi connectivity index (χ4n) is 3.34. The second kappa shape index (κ2) is 9.29. The Hall–Kier alpha value is -3.92. The average Bonchev–Trinajstić information content (AvgIpc) is 3.27. The van der Waals surface area contributed by atoms with Gasteiger partial charge in [0.1, 0.15) is 19.0 Å². The summed E-state index contributed by atoms with van der Waals surface area (Å²) in [5.41, 5.74) is 1.56. The van der Waals surface area contributed by atoms with E-state index in [9.17, 15) is 9.18 Å². The minimum Gasteiger partial charge on any atom is -0.486 e.